The number of amides is 1. The van der Waals surface area contributed by atoms with Gasteiger partial charge in [0.2, 0.25) is 5.91 Å². The van der Waals surface area contributed by atoms with Gasteiger partial charge in [-0.1, -0.05) is 0 Å². The first-order valence-electron chi connectivity index (χ1n) is 6.24. The minimum atomic E-state index is -0.780. The van der Waals surface area contributed by atoms with Crippen molar-refractivity contribution in [3.05, 3.63) is 16.0 Å². The summed E-state index contributed by atoms with van der Waals surface area (Å²) in [6.45, 7) is 5.84. The van der Waals surface area contributed by atoms with Crippen LogP contribution >= 0.6 is 11.3 Å². The zero-order valence-electron chi connectivity index (χ0n) is 12.1. The van der Waals surface area contributed by atoms with Gasteiger partial charge in [-0.25, -0.2) is 4.79 Å². The third-order valence-electron chi connectivity index (χ3n) is 2.78. The molecule has 1 rings (SSSR count). The molecule has 0 aliphatic rings. The van der Waals surface area contributed by atoms with E-state index in [1.807, 2.05) is 13.8 Å². The molecule has 1 aromatic rings. The lowest BCUT2D eigenvalue weighted by atomic mass is 10.1. The Labute approximate surface area is 122 Å². The quantitative estimate of drug-likeness (QED) is 0.776. The Balaban J connectivity index is 2.98. The largest absolute Gasteiger partial charge is 0.462 e. The lowest BCUT2D eigenvalue weighted by Crippen LogP contribution is -2.39. The van der Waals surface area contributed by atoms with Gasteiger partial charge in [0, 0.05) is 12.0 Å². The van der Waals surface area contributed by atoms with Crippen LogP contribution in [0.25, 0.3) is 0 Å². The van der Waals surface area contributed by atoms with Crippen LogP contribution in [-0.4, -0.2) is 38.2 Å². The van der Waals surface area contributed by atoms with Crippen molar-refractivity contribution in [2.24, 2.45) is 5.73 Å². The standard InChI is InChI=1S/C13H20N2O4S/c1-5-19-13(17)10-7(2)8(3)20-12(10)15-11(16)9(14)6-18-4/h9H,5-6,14H2,1-4H3,(H,15,16). The monoisotopic (exact) mass is 300 g/mol. The molecule has 1 aromatic heterocycles. The summed E-state index contributed by atoms with van der Waals surface area (Å²) in [4.78, 5) is 24.8. The maximum atomic E-state index is 12.0. The lowest BCUT2D eigenvalue weighted by Gasteiger charge is -2.11. The van der Waals surface area contributed by atoms with Gasteiger partial charge in [-0.05, 0) is 26.3 Å². The first-order valence-corrected chi connectivity index (χ1v) is 7.06. The molecule has 0 saturated carbocycles. The summed E-state index contributed by atoms with van der Waals surface area (Å²) in [7, 11) is 1.47. The molecule has 6 nitrogen and oxygen atoms in total. The van der Waals surface area contributed by atoms with Crippen LogP contribution in [0.2, 0.25) is 0 Å². The molecule has 0 aliphatic heterocycles. The van der Waals surface area contributed by atoms with E-state index in [0.29, 0.717) is 10.6 Å². The highest BCUT2D eigenvalue weighted by Gasteiger charge is 2.23. The summed E-state index contributed by atoms with van der Waals surface area (Å²) in [6, 6.07) is -0.780. The van der Waals surface area contributed by atoms with Gasteiger partial charge in [-0.3, -0.25) is 4.79 Å². The Morgan fingerprint density at radius 1 is 1.40 bits per heavy atom. The van der Waals surface area contributed by atoms with Gasteiger partial charge in [0.05, 0.1) is 18.8 Å². The number of anilines is 1. The van der Waals surface area contributed by atoms with Gasteiger partial charge in [0.1, 0.15) is 11.0 Å². The average Bonchev–Trinajstić information content (AvgIpc) is 2.65. The van der Waals surface area contributed by atoms with Crippen LogP contribution in [0.15, 0.2) is 0 Å². The zero-order chi connectivity index (χ0) is 15.3. The Kier molecular flexibility index (Phi) is 6.12. The van der Waals surface area contributed by atoms with Crippen LogP contribution in [0.4, 0.5) is 5.00 Å². The number of hydrogen-bond acceptors (Lipinski definition) is 6. The minimum absolute atomic E-state index is 0.115. The van der Waals surface area contributed by atoms with E-state index in [2.05, 4.69) is 5.32 Å². The second-order valence-corrected chi connectivity index (χ2v) is 5.48. The summed E-state index contributed by atoms with van der Waals surface area (Å²) in [5.74, 6) is -0.830. The van der Waals surface area contributed by atoms with Crippen molar-refractivity contribution < 1.29 is 19.1 Å². The molecule has 0 aromatic carbocycles. The van der Waals surface area contributed by atoms with Crippen molar-refractivity contribution in [3.8, 4) is 0 Å². The van der Waals surface area contributed by atoms with Crippen LogP contribution in [0, 0.1) is 13.8 Å². The van der Waals surface area contributed by atoms with Crippen molar-refractivity contribution in [1.82, 2.24) is 0 Å². The molecule has 0 fully saturated rings. The maximum Gasteiger partial charge on any atom is 0.341 e. The van der Waals surface area contributed by atoms with Gasteiger partial charge in [0.25, 0.3) is 0 Å². The Morgan fingerprint density at radius 3 is 2.60 bits per heavy atom. The number of thiophene rings is 1. The molecular formula is C13H20N2O4S. The van der Waals surface area contributed by atoms with E-state index < -0.39 is 17.9 Å². The molecule has 0 saturated heterocycles. The fourth-order valence-corrected chi connectivity index (χ4v) is 2.68. The number of esters is 1. The van der Waals surface area contributed by atoms with Crippen LogP contribution in [0.3, 0.4) is 0 Å². The van der Waals surface area contributed by atoms with Gasteiger partial charge in [-0.15, -0.1) is 11.3 Å². The second-order valence-electron chi connectivity index (χ2n) is 4.26. The molecule has 20 heavy (non-hydrogen) atoms. The van der Waals surface area contributed by atoms with Gasteiger partial charge in [-0.2, -0.15) is 0 Å². The Hall–Kier alpha value is -1.44. The van der Waals surface area contributed by atoms with Crippen LogP contribution in [-0.2, 0) is 14.3 Å². The summed E-state index contributed by atoms with van der Waals surface area (Å²) >= 11 is 1.33. The highest BCUT2D eigenvalue weighted by atomic mass is 32.1. The van der Waals surface area contributed by atoms with E-state index in [9.17, 15) is 9.59 Å². The first kappa shape index (κ1) is 16.6. The molecule has 1 amide bonds. The topological polar surface area (TPSA) is 90.7 Å². The van der Waals surface area contributed by atoms with E-state index in [0.717, 1.165) is 10.4 Å². The smallest absolute Gasteiger partial charge is 0.341 e. The Bertz CT molecular complexity index is 499. The number of ether oxygens (including phenoxy) is 2. The number of nitrogens with one attached hydrogen (secondary N) is 1. The zero-order valence-corrected chi connectivity index (χ0v) is 12.9. The number of nitrogens with two attached hydrogens (primary N) is 1. The van der Waals surface area contributed by atoms with Crippen molar-refractivity contribution >= 4 is 28.2 Å². The predicted molar refractivity (Wildman–Crippen MR) is 78.2 cm³/mol. The normalized spacial score (nSPS) is 12.1. The maximum absolute atomic E-state index is 12.0. The molecule has 7 heteroatoms. The minimum Gasteiger partial charge on any atom is -0.462 e. The molecular weight excluding hydrogens is 280 g/mol. The van der Waals surface area contributed by atoms with Crippen LogP contribution < -0.4 is 11.1 Å². The Morgan fingerprint density at radius 2 is 2.05 bits per heavy atom. The number of carbonyl (C=O) groups excluding carboxylic acids is 2. The fourth-order valence-electron chi connectivity index (χ4n) is 1.62. The van der Waals surface area contributed by atoms with E-state index in [-0.39, 0.29) is 13.2 Å². The summed E-state index contributed by atoms with van der Waals surface area (Å²) in [5.41, 5.74) is 6.86. The number of carbonyl (C=O) groups is 2. The van der Waals surface area contributed by atoms with Crippen molar-refractivity contribution in [2.75, 3.05) is 25.6 Å². The molecule has 0 radical (unpaired) electrons. The third-order valence-corrected chi connectivity index (χ3v) is 3.91. The highest BCUT2D eigenvalue weighted by Crippen LogP contribution is 2.33. The molecule has 1 unspecified atom stereocenters. The van der Waals surface area contributed by atoms with Crippen LogP contribution in [0.1, 0.15) is 27.7 Å². The predicted octanol–water partition coefficient (Wildman–Crippen LogP) is 1.45. The molecule has 3 N–H and O–H groups in total. The van der Waals surface area contributed by atoms with Crippen molar-refractivity contribution in [3.63, 3.8) is 0 Å². The van der Waals surface area contributed by atoms with Gasteiger partial charge in [0.15, 0.2) is 0 Å². The molecule has 112 valence electrons. The molecule has 0 spiro atoms. The lowest BCUT2D eigenvalue weighted by molar-refractivity contribution is -0.118. The van der Waals surface area contributed by atoms with E-state index in [4.69, 9.17) is 15.2 Å². The highest BCUT2D eigenvalue weighted by molar-refractivity contribution is 7.16. The average molecular weight is 300 g/mol. The fraction of sp³-hybridized carbons (Fsp3) is 0.538. The van der Waals surface area contributed by atoms with E-state index in [1.165, 1.54) is 18.4 Å². The number of hydrogen-bond donors (Lipinski definition) is 2. The number of methoxy groups -OCH3 is 1. The van der Waals surface area contributed by atoms with Crippen molar-refractivity contribution in [2.45, 2.75) is 26.8 Å². The van der Waals surface area contributed by atoms with Gasteiger partial charge < -0.3 is 20.5 Å². The third kappa shape index (κ3) is 3.78. The molecule has 1 heterocycles. The summed E-state index contributed by atoms with van der Waals surface area (Å²) < 4.78 is 9.85. The van der Waals surface area contributed by atoms with E-state index in [1.54, 1.807) is 6.92 Å². The first-order chi connectivity index (χ1) is 9.42. The number of rotatable bonds is 6. The van der Waals surface area contributed by atoms with Crippen molar-refractivity contribution in [1.29, 1.82) is 0 Å². The molecule has 0 bridgehead atoms. The summed E-state index contributed by atoms with van der Waals surface area (Å²) in [6.07, 6.45) is 0. The second kappa shape index (κ2) is 7.37. The SMILES string of the molecule is CCOC(=O)c1c(NC(=O)C(N)COC)sc(C)c1C. The molecule has 1 atom stereocenters. The molecule has 0 aliphatic carbocycles. The summed E-state index contributed by atoms with van der Waals surface area (Å²) in [5, 5.41) is 3.14. The van der Waals surface area contributed by atoms with Gasteiger partial charge >= 0.3 is 5.97 Å². The van der Waals surface area contributed by atoms with E-state index >= 15 is 0 Å². The number of aryl methyl sites for hydroxylation is 1. The van der Waals surface area contributed by atoms with Crippen LogP contribution in [0.5, 0.6) is 0 Å².